The standard InChI is InChI=1S/C13H12N4S2/c1-2-7-17-11(14)10(19-13(17)18)12-15-8-5-3-4-6-9(8)16-12/h2-6H,1,7,14H2,(H,15,16). The van der Waals surface area contributed by atoms with E-state index in [-0.39, 0.29) is 0 Å². The summed E-state index contributed by atoms with van der Waals surface area (Å²) in [7, 11) is 0. The van der Waals surface area contributed by atoms with Crippen LogP contribution in [0.1, 0.15) is 0 Å². The maximum atomic E-state index is 6.14. The second-order valence-corrected chi connectivity index (χ2v) is 5.73. The zero-order valence-electron chi connectivity index (χ0n) is 10.1. The average Bonchev–Trinajstić information content (AvgIpc) is 2.94. The number of nitrogens with two attached hydrogens (primary N) is 1. The van der Waals surface area contributed by atoms with Crippen molar-refractivity contribution in [3.05, 3.63) is 40.9 Å². The van der Waals surface area contributed by atoms with Crippen LogP contribution in [-0.4, -0.2) is 14.5 Å². The topological polar surface area (TPSA) is 59.6 Å². The Morgan fingerprint density at radius 1 is 1.47 bits per heavy atom. The maximum absolute atomic E-state index is 6.14. The van der Waals surface area contributed by atoms with Gasteiger partial charge < -0.3 is 15.3 Å². The summed E-state index contributed by atoms with van der Waals surface area (Å²) in [5.74, 6) is 1.39. The smallest absolute Gasteiger partial charge is 0.163 e. The number of thiazole rings is 1. The van der Waals surface area contributed by atoms with Crippen LogP contribution in [0, 0.1) is 3.95 Å². The van der Waals surface area contributed by atoms with Gasteiger partial charge in [-0.15, -0.1) is 6.58 Å². The van der Waals surface area contributed by atoms with Crippen molar-refractivity contribution in [1.29, 1.82) is 0 Å². The minimum absolute atomic E-state index is 0.612. The fourth-order valence-corrected chi connectivity index (χ4v) is 3.24. The number of imidazole rings is 1. The molecule has 0 saturated heterocycles. The molecular weight excluding hydrogens is 276 g/mol. The summed E-state index contributed by atoms with van der Waals surface area (Å²) in [5, 5.41) is 0. The number of hydrogen-bond donors (Lipinski definition) is 2. The first-order chi connectivity index (χ1) is 9.20. The average molecular weight is 288 g/mol. The van der Waals surface area contributed by atoms with E-state index in [1.54, 1.807) is 6.08 Å². The predicted octanol–water partition coefficient (Wildman–Crippen LogP) is 3.59. The van der Waals surface area contributed by atoms with Crippen molar-refractivity contribution in [2.75, 3.05) is 5.73 Å². The summed E-state index contributed by atoms with van der Waals surface area (Å²) in [6.07, 6.45) is 1.78. The van der Waals surface area contributed by atoms with Gasteiger partial charge >= 0.3 is 0 Å². The van der Waals surface area contributed by atoms with Crippen LogP contribution in [0.5, 0.6) is 0 Å². The number of anilines is 1. The van der Waals surface area contributed by atoms with Crippen molar-refractivity contribution < 1.29 is 0 Å². The van der Waals surface area contributed by atoms with Gasteiger partial charge in [0.2, 0.25) is 0 Å². The molecule has 1 aromatic carbocycles. The molecule has 3 rings (SSSR count). The zero-order chi connectivity index (χ0) is 13.4. The highest BCUT2D eigenvalue weighted by Crippen LogP contribution is 2.32. The van der Waals surface area contributed by atoms with Gasteiger partial charge in [0.15, 0.2) is 9.78 Å². The van der Waals surface area contributed by atoms with Gasteiger partial charge in [-0.25, -0.2) is 4.98 Å². The number of para-hydroxylation sites is 2. The Kier molecular flexibility index (Phi) is 2.96. The molecule has 96 valence electrons. The number of rotatable bonds is 3. The molecule has 0 fully saturated rings. The molecule has 0 bridgehead atoms. The summed E-state index contributed by atoms with van der Waals surface area (Å²) < 4.78 is 2.59. The summed E-state index contributed by atoms with van der Waals surface area (Å²) in [4.78, 5) is 8.69. The van der Waals surface area contributed by atoms with Gasteiger partial charge in [0, 0.05) is 6.54 Å². The molecule has 2 heterocycles. The molecule has 0 aliphatic heterocycles. The normalized spacial score (nSPS) is 10.9. The lowest BCUT2D eigenvalue weighted by Crippen LogP contribution is -2.01. The predicted molar refractivity (Wildman–Crippen MR) is 82.8 cm³/mol. The van der Waals surface area contributed by atoms with Gasteiger partial charge in [-0.1, -0.05) is 29.5 Å². The fraction of sp³-hybridized carbons (Fsp3) is 0.0769. The number of nitrogen functional groups attached to an aromatic ring is 1. The third-order valence-corrected chi connectivity index (χ3v) is 4.32. The Bertz CT molecular complexity index is 777. The molecule has 3 aromatic rings. The second kappa shape index (κ2) is 4.64. The lowest BCUT2D eigenvalue weighted by molar-refractivity contribution is 0.838. The van der Waals surface area contributed by atoms with Crippen molar-refractivity contribution in [3.8, 4) is 10.7 Å². The number of allylic oxidation sites excluding steroid dienone is 1. The molecule has 3 N–H and O–H groups in total. The van der Waals surface area contributed by atoms with Crippen LogP contribution in [0.4, 0.5) is 5.82 Å². The minimum atomic E-state index is 0.612. The first-order valence-electron chi connectivity index (χ1n) is 5.76. The fourth-order valence-electron chi connectivity index (χ4n) is 1.95. The molecule has 19 heavy (non-hydrogen) atoms. The molecule has 0 unspecified atom stereocenters. The van der Waals surface area contributed by atoms with Gasteiger partial charge in [0.05, 0.1) is 11.0 Å². The van der Waals surface area contributed by atoms with Crippen molar-refractivity contribution >= 4 is 40.4 Å². The quantitative estimate of drug-likeness (QED) is 0.572. The lowest BCUT2D eigenvalue weighted by atomic mass is 10.3. The summed E-state index contributed by atoms with van der Waals surface area (Å²) in [6.45, 7) is 4.33. The molecule has 0 atom stereocenters. The Labute approximate surface area is 119 Å². The largest absolute Gasteiger partial charge is 0.384 e. The monoisotopic (exact) mass is 288 g/mol. The second-order valence-electron chi connectivity index (χ2n) is 4.08. The van der Waals surface area contributed by atoms with E-state index >= 15 is 0 Å². The van der Waals surface area contributed by atoms with Gasteiger partial charge in [-0.05, 0) is 24.4 Å². The molecule has 4 nitrogen and oxygen atoms in total. The third-order valence-electron chi connectivity index (χ3n) is 2.85. The van der Waals surface area contributed by atoms with Gasteiger partial charge in [0.1, 0.15) is 10.7 Å². The van der Waals surface area contributed by atoms with Crippen molar-refractivity contribution in [2.45, 2.75) is 6.54 Å². The lowest BCUT2D eigenvalue weighted by Gasteiger charge is -2.01. The molecule has 2 aromatic heterocycles. The molecule has 0 saturated carbocycles. The van der Waals surface area contributed by atoms with E-state index in [9.17, 15) is 0 Å². The van der Waals surface area contributed by atoms with Crippen molar-refractivity contribution in [2.24, 2.45) is 0 Å². The van der Waals surface area contributed by atoms with Crippen LogP contribution >= 0.6 is 23.6 Å². The Hall–Kier alpha value is -1.92. The van der Waals surface area contributed by atoms with Crippen LogP contribution in [0.25, 0.3) is 21.7 Å². The number of benzene rings is 1. The van der Waals surface area contributed by atoms with Crippen LogP contribution in [0.2, 0.25) is 0 Å². The van der Waals surface area contributed by atoms with Gasteiger partial charge in [-0.3, -0.25) is 0 Å². The first-order valence-corrected chi connectivity index (χ1v) is 6.98. The first kappa shape index (κ1) is 12.1. The van der Waals surface area contributed by atoms with E-state index in [4.69, 9.17) is 18.0 Å². The molecular formula is C13H12N4S2. The summed E-state index contributed by atoms with van der Waals surface area (Å²) in [6, 6.07) is 7.88. The number of hydrogen-bond acceptors (Lipinski definition) is 4. The van der Waals surface area contributed by atoms with Crippen molar-refractivity contribution in [1.82, 2.24) is 14.5 Å². The van der Waals surface area contributed by atoms with Crippen LogP contribution in [0.3, 0.4) is 0 Å². The SMILES string of the molecule is C=CCn1c(N)c(-c2nc3ccccc3[nH]2)sc1=S. The van der Waals surface area contributed by atoms with Gasteiger partial charge in [0.25, 0.3) is 0 Å². The highest BCUT2D eigenvalue weighted by Gasteiger charge is 2.14. The van der Waals surface area contributed by atoms with Crippen LogP contribution in [0.15, 0.2) is 36.9 Å². The Morgan fingerprint density at radius 3 is 3.00 bits per heavy atom. The minimum Gasteiger partial charge on any atom is -0.384 e. The Balaban J connectivity index is 2.18. The van der Waals surface area contributed by atoms with Crippen molar-refractivity contribution in [3.63, 3.8) is 0 Å². The number of H-pyrrole nitrogens is 1. The number of nitrogens with zero attached hydrogens (tertiary/aromatic N) is 2. The molecule has 0 aliphatic carbocycles. The van der Waals surface area contributed by atoms with E-state index < -0.39 is 0 Å². The molecule has 0 aliphatic rings. The number of nitrogens with one attached hydrogen (secondary N) is 1. The summed E-state index contributed by atoms with van der Waals surface area (Å²) in [5.41, 5.74) is 8.06. The number of fused-ring (bicyclic) bond motifs is 1. The highest BCUT2D eigenvalue weighted by atomic mass is 32.1. The zero-order valence-corrected chi connectivity index (χ0v) is 11.7. The van der Waals surface area contributed by atoms with E-state index in [2.05, 4.69) is 16.5 Å². The van der Waals surface area contributed by atoms with E-state index in [0.29, 0.717) is 12.4 Å². The molecule has 0 spiro atoms. The van der Waals surface area contributed by atoms with E-state index in [0.717, 1.165) is 25.7 Å². The molecule has 0 radical (unpaired) electrons. The number of aromatic nitrogens is 3. The van der Waals surface area contributed by atoms with Crippen LogP contribution in [-0.2, 0) is 6.54 Å². The number of aromatic amines is 1. The van der Waals surface area contributed by atoms with Gasteiger partial charge in [-0.2, -0.15) is 0 Å². The maximum Gasteiger partial charge on any atom is 0.163 e. The Morgan fingerprint density at radius 2 is 2.26 bits per heavy atom. The molecule has 0 amide bonds. The third kappa shape index (κ3) is 1.98. The van der Waals surface area contributed by atoms with Crippen LogP contribution < -0.4 is 5.73 Å². The highest BCUT2D eigenvalue weighted by molar-refractivity contribution is 7.73. The van der Waals surface area contributed by atoms with E-state index in [1.807, 2.05) is 28.8 Å². The summed E-state index contributed by atoms with van der Waals surface area (Å²) >= 11 is 6.78. The van der Waals surface area contributed by atoms with E-state index in [1.165, 1.54) is 11.3 Å². The molecule has 6 heteroatoms.